The molecule has 0 saturated carbocycles. The van der Waals surface area contributed by atoms with Crippen LogP contribution in [0.5, 0.6) is 0 Å². The molecule has 0 heterocycles. The Labute approximate surface area is 236 Å². The Bertz CT molecular complexity index is 989. The Balaban J connectivity index is 0. The quantitative estimate of drug-likeness (QED) is 0.244. The van der Waals surface area contributed by atoms with Crippen LogP contribution >= 0.6 is 0 Å². The molecule has 0 amide bonds. The largest absolute Gasteiger partial charge is 4.00 e. The molecular weight excluding hydrogens is 539 g/mol. The summed E-state index contributed by atoms with van der Waals surface area (Å²) in [6.45, 7) is 11.2. The minimum absolute atomic E-state index is 0. The normalized spacial score (nSPS) is 10.5. The minimum Gasteiger partial charge on any atom is -1.00 e. The molecule has 1 atom stereocenters. The number of unbranched alkanes of at least 4 members (excludes halogenated alkanes) is 1. The predicted molar refractivity (Wildman–Crippen MR) is 140 cm³/mol. The van der Waals surface area contributed by atoms with Crippen molar-refractivity contribution in [1.82, 2.24) is 0 Å². The monoisotopic (exact) mass is 575 g/mol. The van der Waals surface area contributed by atoms with Gasteiger partial charge in [-0.2, -0.15) is 17.2 Å². The molecule has 4 rings (SSSR count). The van der Waals surface area contributed by atoms with Crippen molar-refractivity contribution in [2.75, 3.05) is 0 Å². The van der Waals surface area contributed by atoms with Crippen molar-refractivity contribution in [2.45, 2.75) is 66.0 Å². The molecule has 0 N–H and O–H groups in total. The Hall–Kier alpha value is -0.660. The number of hydrogen-bond donors (Lipinski definition) is 0. The number of fused-ring (bicyclic) bond motifs is 2. The van der Waals surface area contributed by atoms with Crippen LogP contribution in [0.1, 0.15) is 50.7 Å². The van der Waals surface area contributed by atoms with Crippen molar-refractivity contribution in [1.29, 1.82) is 0 Å². The molecule has 1 radical (unpaired) electrons. The molecule has 0 aromatic heterocycles. The van der Waals surface area contributed by atoms with Crippen LogP contribution in [-0.2, 0) is 32.6 Å². The Kier molecular flexibility index (Phi) is 20.5. The second-order valence-electron chi connectivity index (χ2n) is 8.25. The zero-order valence-electron chi connectivity index (χ0n) is 20.9. The fourth-order valence-electron chi connectivity index (χ4n) is 3.95. The molecule has 4 aromatic carbocycles. The molecule has 0 bridgehead atoms. The van der Waals surface area contributed by atoms with E-state index in [1.165, 1.54) is 59.2 Å². The summed E-state index contributed by atoms with van der Waals surface area (Å²) < 4.78 is 0. The van der Waals surface area contributed by atoms with Crippen LogP contribution in [0.3, 0.4) is 0 Å². The first-order valence-electron chi connectivity index (χ1n) is 11.6. The molecule has 0 aliphatic carbocycles. The Morgan fingerprint density at radius 3 is 1.88 bits per heavy atom. The molecule has 0 aliphatic heterocycles. The summed E-state index contributed by atoms with van der Waals surface area (Å²) in [6, 6.07) is 26.1. The van der Waals surface area contributed by atoms with E-state index in [1.54, 1.807) is 5.56 Å². The third-order valence-corrected chi connectivity index (χ3v) is 5.72. The van der Waals surface area contributed by atoms with Gasteiger partial charge in [-0.05, 0) is 5.92 Å². The van der Waals surface area contributed by atoms with Crippen molar-refractivity contribution in [3.8, 4) is 0 Å². The van der Waals surface area contributed by atoms with Crippen molar-refractivity contribution in [2.24, 2.45) is 5.92 Å². The van der Waals surface area contributed by atoms with Crippen molar-refractivity contribution in [3.05, 3.63) is 83.9 Å². The maximum atomic E-state index is 2.32. The van der Waals surface area contributed by atoms with E-state index in [9.17, 15) is 0 Å². The van der Waals surface area contributed by atoms with E-state index >= 15 is 0 Å². The summed E-state index contributed by atoms with van der Waals surface area (Å²) in [6.07, 6.45) is 6.63. The van der Waals surface area contributed by atoms with Gasteiger partial charge in [0.25, 0.3) is 0 Å². The fourth-order valence-corrected chi connectivity index (χ4v) is 3.95. The van der Waals surface area contributed by atoms with Gasteiger partial charge < -0.3 is 24.8 Å². The van der Waals surface area contributed by atoms with Crippen molar-refractivity contribution in [3.63, 3.8) is 0 Å². The molecule has 0 saturated heterocycles. The third kappa shape index (κ3) is 11.1. The van der Waals surface area contributed by atoms with E-state index < -0.39 is 0 Å². The number of rotatable bonds is 6. The van der Waals surface area contributed by atoms with E-state index in [1.807, 2.05) is 0 Å². The van der Waals surface area contributed by atoms with Gasteiger partial charge in [-0.1, -0.05) is 78.1 Å². The van der Waals surface area contributed by atoms with Gasteiger partial charge in [0.15, 0.2) is 0 Å². The first-order chi connectivity index (χ1) is 14.6. The number of benzene rings is 2. The van der Waals surface area contributed by atoms with E-state index in [2.05, 4.69) is 107 Å². The van der Waals surface area contributed by atoms with Gasteiger partial charge in [0, 0.05) is 9.52 Å². The van der Waals surface area contributed by atoms with Crippen molar-refractivity contribution >= 4 is 31.1 Å². The maximum Gasteiger partial charge on any atom is 4.00 e. The zero-order valence-corrected chi connectivity index (χ0v) is 26.0. The molecule has 0 spiro atoms. The number of halogens is 2. The molecule has 33 heavy (non-hydrogen) atoms. The van der Waals surface area contributed by atoms with Crippen LogP contribution in [0.15, 0.2) is 72.8 Å². The van der Waals surface area contributed by atoms with E-state index in [-0.39, 0.29) is 51.0 Å². The summed E-state index contributed by atoms with van der Waals surface area (Å²) in [5.41, 5.74) is 2.92. The first-order valence-corrected chi connectivity index (χ1v) is 13.9. The topological polar surface area (TPSA) is 0 Å². The second-order valence-corrected chi connectivity index (χ2v) is 9.40. The Morgan fingerprint density at radius 1 is 0.818 bits per heavy atom. The van der Waals surface area contributed by atoms with Gasteiger partial charge in [-0.25, -0.2) is 0 Å². The second kappa shape index (κ2) is 19.6. The summed E-state index contributed by atoms with van der Waals surface area (Å²) in [5.74, 6) is 0.862. The third-order valence-electron chi connectivity index (χ3n) is 5.72. The van der Waals surface area contributed by atoms with Gasteiger partial charge >= 0.3 is 26.2 Å². The maximum absolute atomic E-state index is 2.32. The van der Waals surface area contributed by atoms with Crippen LogP contribution in [0.4, 0.5) is 0 Å². The van der Waals surface area contributed by atoms with E-state index in [0.29, 0.717) is 0 Å². The predicted octanol–water partition coefficient (Wildman–Crippen LogP) is 2.71. The minimum atomic E-state index is 0. The van der Waals surface area contributed by atoms with Gasteiger partial charge in [0.1, 0.15) is 0 Å². The molecule has 0 aliphatic rings. The van der Waals surface area contributed by atoms with E-state index in [4.69, 9.17) is 0 Å². The Morgan fingerprint density at radius 2 is 1.33 bits per heavy atom. The molecule has 1 unspecified atom stereocenters. The molecule has 0 nitrogen and oxygen atoms in total. The van der Waals surface area contributed by atoms with Crippen LogP contribution in [0.25, 0.3) is 21.5 Å². The fraction of sp³-hybridized carbons (Fsp3) is 0.379. The summed E-state index contributed by atoms with van der Waals surface area (Å²) in [4.78, 5) is 0. The molecule has 177 valence electrons. The molecule has 0 fully saturated rings. The van der Waals surface area contributed by atoms with Crippen LogP contribution in [0, 0.1) is 12.8 Å². The molecule has 4 heteroatoms. The van der Waals surface area contributed by atoms with Crippen LogP contribution in [-0.4, -0.2) is 9.52 Å². The molecule has 4 aromatic rings. The van der Waals surface area contributed by atoms with E-state index in [0.717, 1.165) is 15.4 Å². The van der Waals surface area contributed by atoms with Gasteiger partial charge in [-0.15, -0.1) is 76.1 Å². The average Bonchev–Trinajstić information content (AvgIpc) is 3.36. The average molecular weight is 578 g/mol. The summed E-state index contributed by atoms with van der Waals surface area (Å²) in [7, 11) is 0.750. The van der Waals surface area contributed by atoms with Crippen LogP contribution < -0.4 is 24.8 Å². The SMILES string of the molecule is CCCCC(CC)Cc1c[cH-]c2ccccc12.C[SiH]C.Cc1c[cH-]c2ccccc12.[Cl-].[Cl-].[Zr+4]. The number of hydrogen-bond acceptors (Lipinski definition) is 0. The summed E-state index contributed by atoms with van der Waals surface area (Å²) in [5, 5.41) is 5.58. The van der Waals surface area contributed by atoms with Gasteiger partial charge in [-0.3, -0.25) is 0 Å². The van der Waals surface area contributed by atoms with Gasteiger partial charge in [0.2, 0.25) is 0 Å². The van der Waals surface area contributed by atoms with Crippen LogP contribution in [0.2, 0.25) is 13.1 Å². The zero-order chi connectivity index (χ0) is 21.8. The first kappa shape index (κ1) is 34.5. The number of aryl methyl sites for hydroxylation is 1. The van der Waals surface area contributed by atoms with Gasteiger partial charge in [0.05, 0.1) is 0 Å². The standard InChI is InChI=1S/C17H23.C10H9.C2H7Si.2ClH.Zr/c1-3-5-8-14(4-2)13-16-12-11-15-9-6-7-10-17(15)16;1-8-6-7-9-4-2-3-5-10(8)9;1-3-2;;;/h6-7,9-12,14H,3-5,8,13H2,1-2H3;2-7H,1H3;3H,1-2H3;2*1H;/q2*-1;;;;+4/p-2. The molecular formula is C29H39Cl2SiZr. The van der Waals surface area contributed by atoms with Crippen molar-refractivity contribution < 1.29 is 51.0 Å². The summed E-state index contributed by atoms with van der Waals surface area (Å²) >= 11 is 0. The smallest absolute Gasteiger partial charge is 1.00 e.